The number of hydroxylamine groups is 1. The van der Waals surface area contributed by atoms with E-state index in [1.165, 1.54) is 11.0 Å². The molecule has 2 amide bonds. The Kier molecular flexibility index (Phi) is 8.48. The van der Waals surface area contributed by atoms with Crippen molar-refractivity contribution in [1.82, 2.24) is 10.8 Å². The summed E-state index contributed by atoms with van der Waals surface area (Å²) in [5.74, 6) is -1.38. The molecule has 2 rings (SSSR count). The first-order chi connectivity index (χ1) is 12.1. The van der Waals surface area contributed by atoms with Crippen molar-refractivity contribution in [2.75, 3.05) is 6.61 Å². The first-order valence-corrected chi connectivity index (χ1v) is 8.14. The molecule has 0 heterocycles. The number of benzene rings is 2. The molecule has 0 aliphatic rings. The second kappa shape index (κ2) is 10.3. The van der Waals surface area contributed by atoms with Gasteiger partial charge in [0, 0.05) is 5.56 Å². The van der Waals surface area contributed by atoms with Crippen LogP contribution in [0.2, 0.25) is 0 Å². The molecule has 0 fully saturated rings. The van der Waals surface area contributed by atoms with E-state index in [0.717, 1.165) is 24.0 Å². The van der Waals surface area contributed by atoms with Gasteiger partial charge in [0.1, 0.15) is 6.04 Å². The van der Waals surface area contributed by atoms with Crippen LogP contribution in [0.3, 0.4) is 0 Å². The van der Waals surface area contributed by atoms with Gasteiger partial charge in [0.25, 0.3) is 11.8 Å². The summed E-state index contributed by atoms with van der Waals surface area (Å²) in [6.45, 7) is 1.53. The highest BCUT2D eigenvalue weighted by Gasteiger charge is 2.20. The van der Waals surface area contributed by atoms with E-state index in [-0.39, 0.29) is 7.43 Å². The molecule has 0 bridgehead atoms. The molecule has 140 valence electrons. The minimum atomic E-state index is -1.21. The highest BCUT2D eigenvalue weighted by atomic mass is 16.5. The van der Waals surface area contributed by atoms with Crippen molar-refractivity contribution in [3.63, 3.8) is 0 Å². The van der Waals surface area contributed by atoms with E-state index in [0.29, 0.717) is 5.56 Å². The maximum absolute atomic E-state index is 12.1. The highest BCUT2D eigenvalue weighted by molar-refractivity contribution is 5.97. The summed E-state index contributed by atoms with van der Waals surface area (Å²) in [5, 5.41) is 20.0. The number of carbonyl (C=O) groups is 2. The molecule has 0 aromatic heterocycles. The lowest BCUT2D eigenvalue weighted by Gasteiger charge is -2.14. The number of hydrogen-bond donors (Lipinski definition) is 4. The Bertz CT molecular complexity index is 712. The number of aliphatic hydroxyl groups excluding tert-OH is 1. The van der Waals surface area contributed by atoms with Crippen LogP contribution in [0.5, 0.6) is 0 Å². The average Bonchev–Trinajstić information content (AvgIpc) is 2.66. The van der Waals surface area contributed by atoms with Crippen LogP contribution in [-0.4, -0.2) is 34.8 Å². The van der Waals surface area contributed by atoms with Crippen molar-refractivity contribution < 1.29 is 19.9 Å². The Morgan fingerprint density at radius 1 is 1.00 bits per heavy atom. The largest absolute Gasteiger partial charge is 0.394 e. The standard InChI is InChI=1S/C19H22N2O4.CH4/c1-2-3-13-4-6-14(7-5-13)15-8-10-16(11-9-15)18(23)20-17(12-22)19(24)21-25;/h4-11,17,22,25H,2-3,12H2,1H3,(H,20,23)(H,21,24);1H4/t17-;/m1./s1. The molecule has 6 nitrogen and oxygen atoms in total. The summed E-state index contributed by atoms with van der Waals surface area (Å²) in [6.07, 6.45) is 2.15. The molecule has 4 N–H and O–H groups in total. The molecule has 1 atom stereocenters. The van der Waals surface area contributed by atoms with Gasteiger partial charge in [-0.15, -0.1) is 0 Å². The molecule has 0 aliphatic heterocycles. The van der Waals surface area contributed by atoms with Crippen LogP contribution in [0.25, 0.3) is 11.1 Å². The van der Waals surface area contributed by atoms with Crippen molar-refractivity contribution in [2.24, 2.45) is 0 Å². The lowest BCUT2D eigenvalue weighted by Crippen LogP contribution is -2.48. The van der Waals surface area contributed by atoms with Gasteiger partial charge < -0.3 is 10.4 Å². The van der Waals surface area contributed by atoms with Gasteiger partial charge in [0.2, 0.25) is 0 Å². The molecule has 6 heteroatoms. The number of amides is 2. The monoisotopic (exact) mass is 358 g/mol. The van der Waals surface area contributed by atoms with Crippen LogP contribution in [0, 0.1) is 0 Å². The summed E-state index contributed by atoms with van der Waals surface area (Å²) >= 11 is 0. The van der Waals surface area contributed by atoms with E-state index in [2.05, 4.69) is 24.4 Å². The Labute approximate surface area is 153 Å². The first kappa shape index (κ1) is 21.3. The van der Waals surface area contributed by atoms with Gasteiger partial charge in [-0.25, -0.2) is 5.48 Å². The number of rotatable bonds is 7. The van der Waals surface area contributed by atoms with Gasteiger partial charge in [0.05, 0.1) is 6.61 Å². The summed E-state index contributed by atoms with van der Waals surface area (Å²) in [6, 6.07) is 14.0. The van der Waals surface area contributed by atoms with Crippen molar-refractivity contribution >= 4 is 11.8 Å². The SMILES string of the molecule is C.CCCc1ccc(-c2ccc(C(=O)N[C@H](CO)C(=O)NO)cc2)cc1. The highest BCUT2D eigenvalue weighted by Crippen LogP contribution is 2.21. The number of nitrogens with one attached hydrogen (secondary N) is 2. The second-order valence-electron chi connectivity index (χ2n) is 5.71. The van der Waals surface area contributed by atoms with E-state index < -0.39 is 24.5 Å². The Hall–Kier alpha value is -2.70. The van der Waals surface area contributed by atoms with Crippen molar-refractivity contribution in [2.45, 2.75) is 33.2 Å². The lowest BCUT2D eigenvalue weighted by atomic mass is 10.0. The normalized spacial score (nSPS) is 11.2. The van der Waals surface area contributed by atoms with Gasteiger partial charge in [-0.05, 0) is 35.2 Å². The maximum atomic E-state index is 12.1. The van der Waals surface area contributed by atoms with Gasteiger partial charge in [0.15, 0.2) is 0 Å². The molecular weight excluding hydrogens is 332 g/mol. The first-order valence-electron chi connectivity index (χ1n) is 8.14. The number of aliphatic hydroxyl groups is 1. The molecule has 0 unspecified atom stereocenters. The molecule has 0 saturated carbocycles. The van der Waals surface area contributed by atoms with E-state index in [4.69, 9.17) is 10.3 Å². The van der Waals surface area contributed by atoms with Gasteiger partial charge in [-0.3, -0.25) is 14.8 Å². The van der Waals surface area contributed by atoms with Crippen LogP contribution in [0.15, 0.2) is 48.5 Å². The fraction of sp³-hybridized carbons (Fsp3) is 0.300. The number of hydrogen-bond acceptors (Lipinski definition) is 4. The van der Waals surface area contributed by atoms with Crippen LogP contribution in [-0.2, 0) is 11.2 Å². The van der Waals surface area contributed by atoms with Gasteiger partial charge in [-0.2, -0.15) is 0 Å². The fourth-order valence-corrected chi connectivity index (χ4v) is 2.48. The van der Waals surface area contributed by atoms with E-state index in [9.17, 15) is 9.59 Å². The third kappa shape index (κ3) is 5.40. The molecule has 0 saturated heterocycles. The summed E-state index contributed by atoms with van der Waals surface area (Å²) in [4.78, 5) is 23.4. The van der Waals surface area contributed by atoms with Crippen molar-refractivity contribution in [3.05, 3.63) is 59.7 Å². The average molecular weight is 358 g/mol. The third-order valence-corrected chi connectivity index (χ3v) is 3.89. The molecule has 0 spiro atoms. The van der Waals surface area contributed by atoms with Crippen LogP contribution >= 0.6 is 0 Å². The number of carbonyl (C=O) groups excluding carboxylic acids is 2. The molecule has 2 aromatic rings. The predicted octanol–water partition coefficient (Wildman–Crippen LogP) is 2.54. The Balaban J connectivity index is 0.00000338. The Morgan fingerprint density at radius 3 is 2.00 bits per heavy atom. The summed E-state index contributed by atoms with van der Waals surface area (Å²) < 4.78 is 0. The minimum Gasteiger partial charge on any atom is -0.394 e. The molecular formula is C20H26N2O4. The topological polar surface area (TPSA) is 98.7 Å². The van der Waals surface area contributed by atoms with Crippen LogP contribution in [0.4, 0.5) is 0 Å². The van der Waals surface area contributed by atoms with Crippen LogP contribution < -0.4 is 10.8 Å². The summed E-state index contributed by atoms with van der Waals surface area (Å²) in [5.41, 5.74) is 5.08. The lowest BCUT2D eigenvalue weighted by molar-refractivity contribution is -0.132. The van der Waals surface area contributed by atoms with E-state index >= 15 is 0 Å². The fourth-order valence-electron chi connectivity index (χ4n) is 2.48. The molecule has 2 aromatic carbocycles. The smallest absolute Gasteiger partial charge is 0.268 e. The van der Waals surface area contributed by atoms with E-state index in [1.807, 2.05) is 24.3 Å². The van der Waals surface area contributed by atoms with Gasteiger partial charge >= 0.3 is 0 Å². The van der Waals surface area contributed by atoms with Crippen molar-refractivity contribution in [3.8, 4) is 11.1 Å². The Morgan fingerprint density at radius 2 is 1.54 bits per heavy atom. The molecule has 0 aliphatic carbocycles. The van der Waals surface area contributed by atoms with E-state index in [1.54, 1.807) is 12.1 Å². The second-order valence-corrected chi connectivity index (χ2v) is 5.71. The van der Waals surface area contributed by atoms with Gasteiger partial charge in [-0.1, -0.05) is 57.2 Å². The minimum absolute atomic E-state index is 0. The third-order valence-electron chi connectivity index (χ3n) is 3.89. The van der Waals surface area contributed by atoms with Crippen molar-refractivity contribution in [1.29, 1.82) is 0 Å². The number of aryl methyl sites for hydroxylation is 1. The zero-order valence-electron chi connectivity index (χ0n) is 14.0. The predicted molar refractivity (Wildman–Crippen MR) is 101 cm³/mol. The maximum Gasteiger partial charge on any atom is 0.268 e. The summed E-state index contributed by atoms with van der Waals surface area (Å²) in [7, 11) is 0. The molecule has 26 heavy (non-hydrogen) atoms. The zero-order valence-corrected chi connectivity index (χ0v) is 14.0. The molecule has 0 radical (unpaired) electrons. The van der Waals surface area contributed by atoms with Crippen LogP contribution in [0.1, 0.15) is 36.7 Å². The quantitative estimate of drug-likeness (QED) is 0.451. The zero-order chi connectivity index (χ0) is 18.2.